The van der Waals surface area contributed by atoms with Crippen LogP contribution in [-0.4, -0.2) is 35.3 Å². The van der Waals surface area contributed by atoms with E-state index >= 15 is 0 Å². The van der Waals surface area contributed by atoms with Crippen molar-refractivity contribution in [2.75, 3.05) is 13.7 Å². The number of carbonyl (C=O) groups excluding carboxylic acids is 1. The van der Waals surface area contributed by atoms with Crippen molar-refractivity contribution < 1.29 is 18.7 Å². The lowest BCUT2D eigenvalue weighted by atomic mass is 10.1. The van der Waals surface area contributed by atoms with E-state index in [-0.39, 0.29) is 17.5 Å². The largest absolute Gasteiger partial charge is 0.465 e. The summed E-state index contributed by atoms with van der Waals surface area (Å²) in [5.74, 6) is -0.533. The van der Waals surface area contributed by atoms with Crippen LogP contribution in [-0.2, 0) is 21.9 Å². The molecule has 112 valence electrons. The molecule has 1 aromatic carbocycles. The standard InChI is InChI=1S/C14H14ClFN2O3/c1-20-14(19)9-4-12-11(5-10(9)16)17-13(6-15)18(12)7-8-2-3-21-8/h4-5,8H,2-3,6-7H2,1H3/t8-/m0/s1. The van der Waals surface area contributed by atoms with Gasteiger partial charge >= 0.3 is 5.97 Å². The second-order valence-electron chi connectivity index (χ2n) is 4.87. The van der Waals surface area contributed by atoms with E-state index in [1.165, 1.54) is 19.2 Å². The second-order valence-corrected chi connectivity index (χ2v) is 5.13. The van der Waals surface area contributed by atoms with Crippen molar-refractivity contribution in [1.29, 1.82) is 0 Å². The number of hydrogen-bond acceptors (Lipinski definition) is 4. The number of benzene rings is 1. The topological polar surface area (TPSA) is 53.3 Å². The normalized spacial score (nSPS) is 17.8. The van der Waals surface area contributed by atoms with E-state index in [4.69, 9.17) is 16.3 Å². The van der Waals surface area contributed by atoms with Crippen LogP contribution in [0.2, 0.25) is 0 Å². The molecule has 21 heavy (non-hydrogen) atoms. The Labute approximate surface area is 125 Å². The lowest BCUT2D eigenvalue weighted by molar-refractivity contribution is -0.0589. The molecule has 1 fully saturated rings. The Morgan fingerprint density at radius 2 is 2.38 bits per heavy atom. The number of esters is 1. The molecule has 0 N–H and O–H groups in total. The Hall–Kier alpha value is -1.66. The molecule has 0 radical (unpaired) electrons. The van der Waals surface area contributed by atoms with E-state index in [1.807, 2.05) is 4.57 Å². The van der Waals surface area contributed by atoms with Gasteiger partial charge in [0, 0.05) is 12.7 Å². The molecule has 7 heteroatoms. The summed E-state index contributed by atoms with van der Waals surface area (Å²) in [6.45, 7) is 1.33. The summed E-state index contributed by atoms with van der Waals surface area (Å²) in [6.07, 6.45) is 1.07. The summed E-state index contributed by atoms with van der Waals surface area (Å²) in [4.78, 5) is 15.9. The third-order valence-corrected chi connectivity index (χ3v) is 3.86. The molecule has 1 atom stereocenters. The number of halogens is 2. The minimum absolute atomic E-state index is 0.107. The van der Waals surface area contributed by atoms with E-state index in [9.17, 15) is 9.18 Å². The molecule has 0 bridgehead atoms. The zero-order chi connectivity index (χ0) is 15.0. The Morgan fingerprint density at radius 3 is 2.95 bits per heavy atom. The van der Waals surface area contributed by atoms with Gasteiger partial charge in [0.2, 0.25) is 0 Å². The van der Waals surface area contributed by atoms with Crippen molar-refractivity contribution in [2.45, 2.75) is 24.9 Å². The molecule has 1 aliphatic heterocycles. The van der Waals surface area contributed by atoms with Crippen molar-refractivity contribution in [3.8, 4) is 0 Å². The molecule has 0 saturated carbocycles. The number of methoxy groups -OCH3 is 1. The average Bonchev–Trinajstić information content (AvgIpc) is 2.77. The molecule has 2 aromatic rings. The molecule has 2 heterocycles. The Balaban J connectivity index is 2.11. The summed E-state index contributed by atoms with van der Waals surface area (Å²) < 4.78 is 25.8. The molecule has 0 unspecified atom stereocenters. The van der Waals surface area contributed by atoms with Gasteiger partial charge in [-0.2, -0.15) is 0 Å². The summed E-state index contributed by atoms with van der Waals surface area (Å²) in [7, 11) is 1.22. The summed E-state index contributed by atoms with van der Waals surface area (Å²) in [5.41, 5.74) is 1.01. The number of carbonyl (C=O) groups is 1. The van der Waals surface area contributed by atoms with Crippen molar-refractivity contribution in [2.24, 2.45) is 0 Å². The van der Waals surface area contributed by atoms with Gasteiger partial charge in [-0.3, -0.25) is 0 Å². The van der Waals surface area contributed by atoms with E-state index in [0.717, 1.165) is 13.0 Å². The molecule has 5 nitrogen and oxygen atoms in total. The highest BCUT2D eigenvalue weighted by Gasteiger charge is 2.23. The highest BCUT2D eigenvalue weighted by Crippen LogP contribution is 2.24. The number of nitrogens with zero attached hydrogens (tertiary/aromatic N) is 2. The van der Waals surface area contributed by atoms with Crippen LogP contribution in [0.1, 0.15) is 22.6 Å². The van der Waals surface area contributed by atoms with Crippen LogP contribution in [0.15, 0.2) is 12.1 Å². The summed E-state index contributed by atoms with van der Waals surface area (Å²) >= 11 is 5.91. The zero-order valence-corrected chi connectivity index (χ0v) is 12.2. The van der Waals surface area contributed by atoms with Crippen LogP contribution in [0.25, 0.3) is 11.0 Å². The monoisotopic (exact) mass is 312 g/mol. The highest BCUT2D eigenvalue weighted by molar-refractivity contribution is 6.16. The molecule has 3 rings (SSSR count). The molecule has 1 saturated heterocycles. The Bertz CT molecular complexity index is 697. The van der Waals surface area contributed by atoms with Crippen molar-refractivity contribution in [3.63, 3.8) is 0 Å². The van der Waals surface area contributed by atoms with Gasteiger partial charge < -0.3 is 14.0 Å². The maximum Gasteiger partial charge on any atom is 0.340 e. The SMILES string of the molecule is COC(=O)c1cc2c(cc1F)nc(CCl)n2C[C@@H]1CCO1. The number of ether oxygens (including phenoxy) is 2. The molecular formula is C14H14ClFN2O3. The fourth-order valence-electron chi connectivity index (χ4n) is 2.40. The minimum atomic E-state index is -0.713. The van der Waals surface area contributed by atoms with Crippen molar-refractivity contribution in [1.82, 2.24) is 9.55 Å². The fourth-order valence-corrected chi connectivity index (χ4v) is 2.60. The maximum atomic E-state index is 13.9. The third kappa shape index (κ3) is 2.49. The quantitative estimate of drug-likeness (QED) is 0.643. The molecule has 0 spiro atoms. The molecule has 0 amide bonds. The smallest absolute Gasteiger partial charge is 0.340 e. The van der Waals surface area contributed by atoms with Crippen molar-refractivity contribution >= 4 is 28.6 Å². The van der Waals surface area contributed by atoms with Gasteiger partial charge in [0.15, 0.2) is 0 Å². The second kappa shape index (κ2) is 5.61. The highest BCUT2D eigenvalue weighted by atomic mass is 35.5. The fraction of sp³-hybridized carbons (Fsp3) is 0.429. The summed E-state index contributed by atoms with van der Waals surface area (Å²) in [6, 6.07) is 2.69. The number of rotatable bonds is 4. The van der Waals surface area contributed by atoms with Gasteiger partial charge in [-0.05, 0) is 12.5 Å². The number of hydrogen-bond donors (Lipinski definition) is 0. The van der Waals surface area contributed by atoms with Crippen LogP contribution < -0.4 is 0 Å². The maximum absolute atomic E-state index is 13.9. The summed E-state index contributed by atoms with van der Waals surface area (Å²) in [5, 5.41) is 0. The van der Waals surface area contributed by atoms with Crippen LogP contribution >= 0.6 is 11.6 Å². The Kier molecular flexibility index (Phi) is 3.82. The van der Waals surface area contributed by atoms with Gasteiger partial charge in [-0.15, -0.1) is 11.6 Å². The van der Waals surface area contributed by atoms with Crippen LogP contribution in [0.3, 0.4) is 0 Å². The van der Waals surface area contributed by atoms with Crippen LogP contribution in [0, 0.1) is 5.82 Å². The first-order chi connectivity index (χ1) is 10.1. The third-order valence-electron chi connectivity index (χ3n) is 3.62. The predicted molar refractivity (Wildman–Crippen MR) is 74.9 cm³/mol. The molecule has 1 aromatic heterocycles. The predicted octanol–water partition coefficient (Wildman–Crippen LogP) is 2.49. The van der Waals surface area contributed by atoms with Gasteiger partial charge in [-0.25, -0.2) is 14.2 Å². The first-order valence-corrected chi connectivity index (χ1v) is 7.12. The van der Waals surface area contributed by atoms with E-state index < -0.39 is 11.8 Å². The minimum Gasteiger partial charge on any atom is -0.465 e. The van der Waals surface area contributed by atoms with Gasteiger partial charge in [0.25, 0.3) is 0 Å². The lowest BCUT2D eigenvalue weighted by Crippen LogP contribution is -2.31. The zero-order valence-electron chi connectivity index (χ0n) is 11.4. The van der Waals surface area contributed by atoms with E-state index in [2.05, 4.69) is 9.72 Å². The van der Waals surface area contributed by atoms with Gasteiger partial charge in [-0.1, -0.05) is 0 Å². The number of alkyl halides is 1. The molecular weight excluding hydrogens is 299 g/mol. The van der Waals surface area contributed by atoms with Crippen LogP contribution in [0.4, 0.5) is 4.39 Å². The van der Waals surface area contributed by atoms with E-state index in [0.29, 0.717) is 23.4 Å². The number of imidazole rings is 1. The van der Waals surface area contributed by atoms with Gasteiger partial charge in [0.05, 0.1) is 42.2 Å². The van der Waals surface area contributed by atoms with E-state index in [1.54, 1.807) is 0 Å². The van der Waals surface area contributed by atoms with Crippen LogP contribution in [0.5, 0.6) is 0 Å². The van der Waals surface area contributed by atoms with Gasteiger partial charge in [0.1, 0.15) is 11.6 Å². The molecule has 1 aliphatic rings. The number of fused-ring (bicyclic) bond motifs is 1. The first-order valence-electron chi connectivity index (χ1n) is 6.58. The molecule has 0 aliphatic carbocycles. The first kappa shape index (κ1) is 14.3. The van der Waals surface area contributed by atoms with Crippen molar-refractivity contribution in [3.05, 3.63) is 29.3 Å². The number of aromatic nitrogens is 2. The lowest BCUT2D eigenvalue weighted by Gasteiger charge is -2.27. The average molecular weight is 313 g/mol. The Morgan fingerprint density at radius 1 is 1.62 bits per heavy atom.